The lowest BCUT2D eigenvalue weighted by atomic mass is 10.1. The Morgan fingerprint density at radius 1 is 0.829 bits per heavy atom. The van der Waals surface area contributed by atoms with Gasteiger partial charge in [0, 0.05) is 28.9 Å². The van der Waals surface area contributed by atoms with E-state index in [1.54, 1.807) is 35.0 Å². The number of aromatic nitrogens is 3. The molecule has 0 spiro atoms. The fourth-order valence-electron chi connectivity index (χ4n) is 4.42. The van der Waals surface area contributed by atoms with Crippen LogP contribution in [0.4, 0.5) is 11.5 Å². The van der Waals surface area contributed by atoms with Crippen LogP contribution in [0.1, 0.15) is 5.56 Å². The molecule has 0 aliphatic carbocycles. The van der Waals surface area contributed by atoms with Crippen LogP contribution in [-0.2, 0) is 16.6 Å². The number of nitrogens with zero attached hydrogens (tertiary/aromatic N) is 3. The van der Waals surface area contributed by atoms with Crippen LogP contribution < -0.4 is 10.0 Å². The molecule has 6 rings (SSSR count). The molecule has 7 nitrogen and oxygen atoms in total. The number of fused-ring (bicyclic) bond motifs is 1. The number of anilines is 2. The van der Waals surface area contributed by atoms with Crippen molar-refractivity contribution in [3.8, 4) is 22.4 Å². The second kappa shape index (κ2) is 11.4. The van der Waals surface area contributed by atoms with Gasteiger partial charge in [-0.25, -0.2) is 13.4 Å². The van der Waals surface area contributed by atoms with E-state index in [4.69, 9.17) is 16.6 Å². The summed E-state index contributed by atoms with van der Waals surface area (Å²) in [5.74, 6) is 0.736. The Hall–Kier alpha value is -4.18. The minimum Gasteiger partial charge on any atom is -0.366 e. The topological polar surface area (TPSA) is 88.4 Å². The molecule has 0 atom stereocenters. The van der Waals surface area contributed by atoms with Crippen LogP contribution in [-0.4, -0.2) is 23.0 Å². The van der Waals surface area contributed by atoms with E-state index in [0.29, 0.717) is 28.6 Å². The number of nitrogens with one attached hydrogen (secondary N) is 2. The van der Waals surface area contributed by atoms with Crippen LogP contribution >= 0.6 is 27.5 Å². The molecule has 0 amide bonds. The van der Waals surface area contributed by atoms with Gasteiger partial charge in [-0.15, -0.1) is 0 Å². The molecule has 10 heteroatoms. The van der Waals surface area contributed by atoms with Gasteiger partial charge in [0.25, 0.3) is 10.0 Å². The Balaban J connectivity index is 1.17. The first-order valence-electron chi connectivity index (χ1n) is 12.7. The van der Waals surface area contributed by atoms with E-state index in [9.17, 15) is 8.42 Å². The number of rotatable bonds is 8. The van der Waals surface area contributed by atoms with E-state index in [2.05, 4.69) is 31.1 Å². The van der Waals surface area contributed by atoms with E-state index in [-0.39, 0.29) is 4.90 Å². The third-order valence-electron chi connectivity index (χ3n) is 6.53. The maximum absolute atomic E-state index is 13.0. The number of benzene rings is 4. The highest BCUT2D eigenvalue weighted by atomic mass is 79.9. The average Bonchev–Trinajstić information content (AvgIpc) is 3.37. The monoisotopic (exact) mass is 643 g/mol. The number of hydrogen-bond donors (Lipinski definition) is 2. The lowest BCUT2D eigenvalue weighted by molar-refractivity contribution is 0.601. The molecular formula is C31H23BrClN5O2S. The van der Waals surface area contributed by atoms with Crippen molar-refractivity contribution < 1.29 is 8.42 Å². The molecule has 0 aliphatic rings. The lowest BCUT2D eigenvalue weighted by Crippen LogP contribution is -2.13. The largest absolute Gasteiger partial charge is 0.366 e. The molecule has 0 saturated carbocycles. The van der Waals surface area contributed by atoms with E-state index in [1.807, 2.05) is 84.9 Å². The van der Waals surface area contributed by atoms with Gasteiger partial charge < -0.3 is 5.32 Å². The van der Waals surface area contributed by atoms with E-state index in [0.717, 1.165) is 32.5 Å². The Morgan fingerprint density at radius 3 is 2.24 bits per heavy atom. The van der Waals surface area contributed by atoms with Gasteiger partial charge >= 0.3 is 0 Å². The lowest BCUT2D eigenvalue weighted by Gasteiger charge is -2.13. The summed E-state index contributed by atoms with van der Waals surface area (Å²) in [6.45, 7) is 0.479. The van der Waals surface area contributed by atoms with Crippen molar-refractivity contribution in [3.63, 3.8) is 0 Å². The zero-order chi connectivity index (χ0) is 28.4. The van der Waals surface area contributed by atoms with Crippen molar-refractivity contribution >= 4 is 54.7 Å². The summed E-state index contributed by atoms with van der Waals surface area (Å²) >= 11 is 9.96. The summed E-state index contributed by atoms with van der Waals surface area (Å²) in [4.78, 5) is 4.93. The summed E-state index contributed by atoms with van der Waals surface area (Å²) in [6, 6.07) is 33.4. The Morgan fingerprint density at radius 2 is 1.51 bits per heavy atom. The maximum atomic E-state index is 13.0. The van der Waals surface area contributed by atoms with Crippen LogP contribution in [0.15, 0.2) is 125 Å². The van der Waals surface area contributed by atoms with Crippen molar-refractivity contribution in [2.45, 2.75) is 11.4 Å². The van der Waals surface area contributed by atoms with Crippen LogP contribution in [0, 0.1) is 0 Å². The van der Waals surface area contributed by atoms with Crippen LogP contribution in [0.2, 0.25) is 5.02 Å². The van der Waals surface area contributed by atoms with E-state index >= 15 is 0 Å². The summed E-state index contributed by atoms with van der Waals surface area (Å²) in [5, 5.41) is 8.45. The standard InChI is InChI=1S/C31H23BrClN5O2S/c32-27-20-35-38-30(18-29(36-31(27)38)26-8-4-5-9-28(26)33)34-19-21-10-14-24(15-11-21)37-41(39,40)25-16-12-23(13-17-25)22-6-2-1-3-7-22/h1-18,20,34,37H,19H2. The molecule has 41 heavy (non-hydrogen) atoms. The third kappa shape index (κ3) is 5.83. The Kier molecular flexibility index (Phi) is 7.49. The first kappa shape index (κ1) is 27.0. The number of halogens is 2. The van der Waals surface area contributed by atoms with Gasteiger partial charge in [-0.05, 0) is 63.0 Å². The van der Waals surface area contributed by atoms with Gasteiger partial charge in [-0.2, -0.15) is 9.61 Å². The minimum atomic E-state index is -3.74. The predicted molar refractivity (Wildman–Crippen MR) is 168 cm³/mol. The molecule has 0 bridgehead atoms. The van der Waals surface area contributed by atoms with Gasteiger partial charge in [-0.1, -0.05) is 84.4 Å². The molecule has 4 aromatic carbocycles. The third-order valence-corrected chi connectivity index (χ3v) is 8.82. The number of sulfonamides is 1. The molecule has 2 aromatic heterocycles. The van der Waals surface area contributed by atoms with Gasteiger partial charge in [0.1, 0.15) is 5.82 Å². The van der Waals surface area contributed by atoms with Gasteiger partial charge in [0.15, 0.2) is 5.65 Å². The fourth-order valence-corrected chi connectivity index (χ4v) is 6.06. The molecule has 0 aliphatic heterocycles. The van der Waals surface area contributed by atoms with Crippen molar-refractivity contribution in [2.24, 2.45) is 0 Å². The predicted octanol–water partition coefficient (Wildman–Crippen LogP) is 7.89. The summed E-state index contributed by atoms with van der Waals surface area (Å²) in [7, 11) is -3.74. The van der Waals surface area contributed by atoms with E-state index in [1.165, 1.54) is 0 Å². The molecule has 0 unspecified atom stereocenters. The molecule has 6 aromatic rings. The second-order valence-electron chi connectivity index (χ2n) is 9.28. The van der Waals surface area contributed by atoms with E-state index < -0.39 is 10.0 Å². The number of hydrogen-bond acceptors (Lipinski definition) is 5. The molecule has 0 fully saturated rings. The van der Waals surface area contributed by atoms with Crippen molar-refractivity contribution in [1.29, 1.82) is 0 Å². The SMILES string of the molecule is O=S(=O)(Nc1ccc(CNc2cc(-c3ccccc3Cl)nc3c(Br)cnn23)cc1)c1ccc(-c2ccccc2)cc1. The van der Waals surface area contributed by atoms with Crippen molar-refractivity contribution in [2.75, 3.05) is 10.0 Å². The summed E-state index contributed by atoms with van der Waals surface area (Å²) in [6.07, 6.45) is 1.69. The van der Waals surface area contributed by atoms with Gasteiger partial charge in [-0.3, -0.25) is 4.72 Å². The Labute approximate surface area is 251 Å². The van der Waals surface area contributed by atoms with Crippen LogP contribution in [0.5, 0.6) is 0 Å². The highest BCUT2D eigenvalue weighted by molar-refractivity contribution is 9.10. The smallest absolute Gasteiger partial charge is 0.261 e. The fraction of sp³-hybridized carbons (Fsp3) is 0.0323. The van der Waals surface area contributed by atoms with Crippen molar-refractivity contribution in [3.05, 3.63) is 130 Å². The molecule has 2 heterocycles. The van der Waals surface area contributed by atoms with Crippen LogP contribution in [0.3, 0.4) is 0 Å². The molecule has 0 saturated heterocycles. The van der Waals surface area contributed by atoms with Gasteiger partial charge in [0.05, 0.1) is 21.3 Å². The minimum absolute atomic E-state index is 0.198. The molecular weight excluding hydrogens is 622 g/mol. The Bertz CT molecular complexity index is 1950. The van der Waals surface area contributed by atoms with Crippen molar-refractivity contribution in [1.82, 2.24) is 14.6 Å². The highest BCUT2D eigenvalue weighted by Crippen LogP contribution is 2.30. The summed E-state index contributed by atoms with van der Waals surface area (Å²) in [5.41, 5.74) is 5.61. The molecule has 2 N–H and O–H groups in total. The first-order valence-corrected chi connectivity index (χ1v) is 15.3. The quantitative estimate of drug-likeness (QED) is 0.176. The zero-order valence-corrected chi connectivity index (χ0v) is 24.7. The second-order valence-corrected chi connectivity index (χ2v) is 12.2. The van der Waals surface area contributed by atoms with Crippen LogP contribution in [0.25, 0.3) is 28.0 Å². The summed E-state index contributed by atoms with van der Waals surface area (Å²) < 4.78 is 31.1. The maximum Gasteiger partial charge on any atom is 0.261 e. The molecule has 0 radical (unpaired) electrons. The average molecular weight is 645 g/mol. The molecule has 204 valence electrons. The normalized spacial score (nSPS) is 11.5. The zero-order valence-electron chi connectivity index (χ0n) is 21.5. The highest BCUT2D eigenvalue weighted by Gasteiger charge is 2.15. The van der Waals surface area contributed by atoms with Gasteiger partial charge in [0.2, 0.25) is 0 Å². The first-order chi connectivity index (χ1) is 19.9.